The lowest BCUT2D eigenvalue weighted by Crippen LogP contribution is -2.36. The quantitative estimate of drug-likeness (QED) is 0.206. The molecule has 0 atom stereocenters. The van der Waals surface area contributed by atoms with Crippen molar-refractivity contribution in [3.05, 3.63) is 91.0 Å². The normalized spacial score (nSPS) is 11.3. The van der Waals surface area contributed by atoms with Crippen molar-refractivity contribution in [3.63, 3.8) is 0 Å². The Morgan fingerprint density at radius 2 is 1.74 bits per heavy atom. The molecule has 0 aliphatic rings. The van der Waals surface area contributed by atoms with Crippen LogP contribution in [-0.2, 0) is 18.9 Å². The fraction of sp³-hybridized carbons (Fsp3) is 0.125. The maximum Gasteiger partial charge on any atom is 0.332 e. The van der Waals surface area contributed by atoms with Crippen LogP contribution in [0, 0.1) is 0 Å². The van der Waals surface area contributed by atoms with Gasteiger partial charge in [-0.25, -0.2) is 9.78 Å². The number of nitrogens with one attached hydrogen (secondary N) is 2. The zero-order valence-electron chi connectivity index (χ0n) is 18.7. The Hall–Kier alpha value is -3.70. The summed E-state index contributed by atoms with van der Waals surface area (Å²) < 4.78 is 3.23. The predicted molar refractivity (Wildman–Crippen MR) is 140 cm³/mol. The fourth-order valence-corrected chi connectivity index (χ4v) is 4.19. The lowest BCUT2D eigenvalue weighted by atomic mass is 10.1. The Balaban J connectivity index is 1.35. The number of carbonyl (C=O) groups excluding carboxylic acids is 2. The Labute approximate surface area is 212 Å². The van der Waals surface area contributed by atoms with Crippen LogP contribution < -0.4 is 16.6 Å². The number of H-pyrrole nitrogens is 1. The zero-order chi connectivity index (χ0) is 25.1. The third kappa shape index (κ3) is 5.52. The average molecular weight is 554 g/mol. The minimum Gasteiger partial charge on any atom is -0.327 e. The highest BCUT2D eigenvalue weighted by Crippen LogP contribution is 2.18. The van der Waals surface area contributed by atoms with Gasteiger partial charge in [0.1, 0.15) is 0 Å². The largest absolute Gasteiger partial charge is 0.332 e. The number of hydrogen-bond donors (Lipinski definition) is 2. The first-order valence-corrected chi connectivity index (χ1v) is 12.2. The SMILES string of the molecule is Cn1c(=O)c2[nH]c(SCC(=O)Nc3ccc(C(=O)/C=C/c4ccc(Br)cc4)cc3)nc2n(C)c1=O. The molecule has 9 nitrogen and oxygen atoms in total. The molecule has 4 rings (SSSR count). The van der Waals surface area contributed by atoms with Crippen molar-refractivity contribution >= 4 is 62.3 Å². The second-order valence-corrected chi connectivity index (χ2v) is 9.49. The smallest absolute Gasteiger partial charge is 0.327 e. The molecule has 0 saturated carbocycles. The summed E-state index contributed by atoms with van der Waals surface area (Å²) >= 11 is 4.48. The van der Waals surface area contributed by atoms with E-state index in [4.69, 9.17) is 0 Å². The van der Waals surface area contributed by atoms with Gasteiger partial charge in [0.05, 0.1) is 5.75 Å². The van der Waals surface area contributed by atoms with E-state index in [0.29, 0.717) is 16.4 Å². The maximum absolute atomic E-state index is 12.4. The summed E-state index contributed by atoms with van der Waals surface area (Å²) in [5.41, 5.74) is 1.43. The average Bonchev–Trinajstić information content (AvgIpc) is 3.29. The van der Waals surface area contributed by atoms with Crippen LogP contribution in [0.15, 0.2) is 73.8 Å². The number of hydrogen-bond acceptors (Lipinski definition) is 6. The number of halogens is 1. The highest BCUT2D eigenvalue weighted by Gasteiger charge is 2.14. The van der Waals surface area contributed by atoms with Crippen LogP contribution in [0.4, 0.5) is 5.69 Å². The molecule has 11 heteroatoms. The van der Waals surface area contributed by atoms with E-state index < -0.39 is 11.2 Å². The molecule has 0 aliphatic carbocycles. The van der Waals surface area contributed by atoms with Crippen molar-refractivity contribution in [2.24, 2.45) is 14.1 Å². The van der Waals surface area contributed by atoms with Gasteiger partial charge in [-0.2, -0.15) is 0 Å². The molecule has 2 heterocycles. The monoisotopic (exact) mass is 553 g/mol. The Kier molecular flexibility index (Phi) is 7.17. The second kappa shape index (κ2) is 10.3. The third-order valence-corrected chi connectivity index (χ3v) is 6.57. The molecular formula is C24H20BrN5O4S. The number of fused-ring (bicyclic) bond motifs is 1. The first-order valence-electron chi connectivity index (χ1n) is 10.4. The standard InChI is InChI=1S/C24H20BrN5O4S/c1-29-21-20(22(33)30(2)24(29)34)27-23(28-21)35-13-19(32)26-17-10-6-15(7-11-17)18(31)12-5-14-3-8-16(25)9-4-14/h3-12H,13H2,1-2H3,(H,26,32)(H,27,28)/b12-5+. The third-order valence-electron chi connectivity index (χ3n) is 5.16. The fourth-order valence-electron chi connectivity index (χ4n) is 3.26. The van der Waals surface area contributed by atoms with Crippen LogP contribution in [-0.4, -0.2) is 36.5 Å². The topological polar surface area (TPSA) is 119 Å². The molecule has 0 bridgehead atoms. The number of thioether (sulfide) groups is 1. The molecule has 1 amide bonds. The summed E-state index contributed by atoms with van der Waals surface area (Å²) in [6.45, 7) is 0. The van der Waals surface area contributed by atoms with Gasteiger partial charge in [-0.05, 0) is 48.0 Å². The van der Waals surface area contributed by atoms with E-state index >= 15 is 0 Å². The van der Waals surface area contributed by atoms with Crippen molar-refractivity contribution in [2.45, 2.75) is 5.16 Å². The lowest BCUT2D eigenvalue weighted by Gasteiger charge is -2.05. The van der Waals surface area contributed by atoms with Gasteiger partial charge in [0.15, 0.2) is 22.1 Å². The maximum atomic E-state index is 12.4. The first-order chi connectivity index (χ1) is 16.7. The second-order valence-electron chi connectivity index (χ2n) is 7.61. The molecule has 0 spiro atoms. The first kappa shape index (κ1) is 24.4. The van der Waals surface area contributed by atoms with Gasteiger partial charge in [-0.3, -0.25) is 23.5 Å². The number of allylic oxidation sites excluding steroid dienone is 1. The molecule has 0 aliphatic heterocycles. The van der Waals surface area contributed by atoms with Gasteiger partial charge in [0.25, 0.3) is 5.56 Å². The van der Waals surface area contributed by atoms with Crippen molar-refractivity contribution in [2.75, 3.05) is 11.1 Å². The number of ketones is 1. The number of imidazole rings is 1. The minimum absolute atomic E-state index is 0.0324. The number of aromatic nitrogens is 4. The van der Waals surface area contributed by atoms with Crippen molar-refractivity contribution < 1.29 is 9.59 Å². The van der Waals surface area contributed by atoms with Gasteiger partial charge in [0, 0.05) is 29.8 Å². The summed E-state index contributed by atoms with van der Waals surface area (Å²) in [7, 11) is 2.92. The van der Waals surface area contributed by atoms with Gasteiger partial charge >= 0.3 is 5.69 Å². The van der Waals surface area contributed by atoms with Crippen LogP contribution in [0.1, 0.15) is 15.9 Å². The van der Waals surface area contributed by atoms with E-state index in [1.54, 1.807) is 30.3 Å². The number of aromatic amines is 1. The van der Waals surface area contributed by atoms with Crippen molar-refractivity contribution in [1.29, 1.82) is 0 Å². The highest BCUT2D eigenvalue weighted by atomic mass is 79.9. The molecule has 2 aromatic carbocycles. The van der Waals surface area contributed by atoms with E-state index in [0.717, 1.165) is 26.4 Å². The van der Waals surface area contributed by atoms with E-state index in [1.807, 2.05) is 24.3 Å². The van der Waals surface area contributed by atoms with Crippen LogP contribution in [0.25, 0.3) is 17.2 Å². The molecule has 178 valence electrons. The van der Waals surface area contributed by atoms with Gasteiger partial charge in [-0.15, -0.1) is 0 Å². The lowest BCUT2D eigenvalue weighted by molar-refractivity contribution is -0.113. The molecule has 2 N–H and O–H groups in total. The van der Waals surface area contributed by atoms with E-state index in [-0.39, 0.29) is 28.6 Å². The molecule has 2 aromatic heterocycles. The van der Waals surface area contributed by atoms with Crippen molar-refractivity contribution in [3.8, 4) is 0 Å². The summed E-state index contributed by atoms with van der Waals surface area (Å²) in [5.74, 6) is -0.400. The highest BCUT2D eigenvalue weighted by molar-refractivity contribution is 9.10. The molecule has 35 heavy (non-hydrogen) atoms. The molecule has 0 fully saturated rings. The number of rotatable bonds is 7. The number of carbonyl (C=O) groups is 2. The minimum atomic E-state index is -0.478. The van der Waals surface area contributed by atoms with E-state index in [9.17, 15) is 19.2 Å². The summed E-state index contributed by atoms with van der Waals surface area (Å²) in [5, 5.41) is 3.11. The van der Waals surface area contributed by atoms with Gasteiger partial charge in [0.2, 0.25) is 5.91 Å². The summed E-state index contributed by atoms with van der Waals surface area (Å²) in [6.07, 6.45) is 3.25. The predicted octanol–water partition coefficient (Wildman–Crippen LogP) is 3.35. The Morgan fingerprint density at radius 3 is 2.43 bits per heavy atom. The van der Waals surface area contributed by atoms with Crippen molar-refractivity contribution in [1.82, 2.24) is 19.1 Å². The van der Waals surface area contributed by atoms with E-state index in [1.165, 1.54) is 24.7 Å². The number of nitrogens with zero attached hydrogens (tertiary/aromatic N) is 3. The van der Waals surface area contributed by atoms with Gasteiger partial charge < -0.3 is 10.3 Å². The molecule has 4 aromatic rings. The molecule has 0 saturated heterocycles. The summed E-state index contributed by atoms with van der Waals surface area (Å²) in [4.78, 5) is 56.2. The van der Waals surface area contributed by atoms with Gasteiger partial charge in [-0.1, -0.05) is 45.9 Å². The van der Waals surface area contributed by atoms with Crippen LogP contribution in [0.2, 0.25) is 0 Å². The zero-order valence-corrected chi connectivity index (χ0v) is 21.1. The Morgan fingerprint density at radius 1 is 1.06 bits per heavy atom. The molecule has 0 radical (unpaired) electrons. The number of amides is 1. The number of anilines is 1. The number of aryl methyl sites for hydroxylation is 1. The van der Waals surface area contributed by atoms with Crippen LogP contribution in [0.5, 0.6) is 0 Å². The van der Waals surface area contributed by atoms with Crippen LogP contribution in [0.3, 0.4) is 0 Å². The summed E-state index contributed by atoms with van der Waals surface area (Å²) in [6, 6.07) is 14.2. The Bertz CT molecular complexity index is 1570. The molecule has 0 unspecified atom stereocenters. The van der Waals surface area contributed by atoms with E-state index in [2.05, 4.69) is 31.2 Å². The molecular weight excluding hydrogens is 534 g/mol. The number of benzene rings is 2. The van der Waals surface area contributed by atoms with Crippen LogP contribution >= 0.6 is 27.7 Å².